The first-order valence-electron chi connectivity index (χ1n) is 16.7. The molecule has 7 rings (SSSR count). The van der Waals surface area contributed by atoms with Gasteiger partial charge >= 0.3 is 6.01 Å². The van der Waals surface area contributed by atoms with Crippen molar-refractivity contribution in [3.05, 3.63) is 65.3 Å². The first-order valence-corrected chi connectivity index (χ1v) is 17.1. The lowest BCUT2D eigenvalue weighted by atomic mass is 10.0. The average Bonchev–Trinajstić information content (AvgIpc) is 3.70. The molecule has 47 heavy (non-hydrogen) atoms. The largest absolute Gasteiger partial charge is 0.461 e. The number of piperazine rings is 1. The van der Waals surface area contributed by atoms with Gasteiger partial charge in [0, 0.05) is 61.9 Å². The normalized spacial score (nSPS) is 22.3. The number of likely N-dealkylation sites (tertiary alicyclic amines) is 1. The third kappa shape index (κ3) is 6.13. The molecule has 4 aliphatic rings. The van der Waals surface area contributed by atoms with Crippen molar-refractivity contribution in [2.75, 3.05) is 69.8 Å². The summed E-state index contributed by atoms with van der Waals surface area (Å²) in [7, 11) is 4.33. The van der Waals surface area contributed by atoms with E-state index in [0.29, 0.717) is 44.8 Å². The second-order valence-corrected chi connectivity index (χ2v) is 14.0. The van der Waals surface area contributed by atoms with E-state index in [1.165, 1.54) is 12.5 Å². The number of rotatable bonds is 9. The van der Waals surface area contributed by atoms with Crippen molar-refractivity contribution in [1.82, 2.24) is 24.7 Å². The number of carbonyl (C=O) groups excluding carboxylic acids is 1. The van der Waals surface area contributed by atoms with Gasteiger partial charge in [0.1, 0.15) is 12.4 Å². The van der Waals surface area contributed by atoms with Crippen LogP contribution < -0.4 is 14.5 Å². The number of nitriles is 1. The van der Waals surface area contributed by atoms with E-state index in [4.69, 9.17) is 26.3 Å². The Labute approximate surface area is 282 Å². The SMILES string of the molecule is C=CC(=O)N1CCN(c2nc(OCC3(N4CCC(N(C)C)C4)CC3)nc3c2CCN(c2cccc4cccc(Cl)c24)C3)C[C@@H]1CC#N. The molecule has 11 heteroatoms. The summed E-state index contributed by atoms with van der Waals surface area (Å²) in [5.74, 6) is 0.712. The van der Waals surface area contributed by atoms with E-state index in [-0.39, 0.29) is 23.9 Å². The lowest BCUT2D eigenvalue weighted by Crippen LogP contribution is -2.55. The highest BCUT2D eigenvalue weighted by atomic mass is 35.5. The Balaban J connectivity index is 1.20. The fourth-order valence-electron chi connectivity index (χ4n) is 7.68. The Kier molecular flexibility index (Phi) is 8.73. The molecule has 4 heterocycles. The fraction of sp³-hybridized carbons (Fsp3) is 0.500. The molecule has 1 aromatic heterocycles. The van der Waals surface area contributed by atoms with E-state index < -0.39 is 0 Å². The number of likely N-dealkylation sites (N-methyl/N-ethyl adjacent to an activating group) is 1. The Hall–Kier alpha value is -3.91. The van der Waals surface area contributed by atoms with Crippen LogP contribution in [0, 0.1) is 11.3 Å². The Morgan fingerprint density at radius 1 is 1.13 bits per heavy atom. The summed E-state index contributed by atoms with van der Waals surface area (Å²) in [6.45, 7) is 9.39. The number of anilines is 2. The van der Waals surface area contributed by atoms with E-state index in [1.807, 2.05) is 12.1 Å². The highest BCUT2D eigenvalue weighted by Crippen LogP contribution is 2.44. The molecule has 2 saturated heterocycles. The van der Waals surface area contributed by atoms with Gasteiger partial charge in [-0.15, -0.1) is 0 Å². The van der Waals surface area contributed by atoms with Crippen LogP contribution in [0.25, 0.3) is 10.8 Å². The Morgan fingerprint density at radius 2 is 1.94 bits per heavy atom. The van der Waals surface area contributed by atoms with E-state index in [2.05, 4.69) is 70.6 Å². The van der Waals surface area contributed by atoms with Gasteiger partial charge in [0.2, 0.25) is 5.91 Å². The minimum Gasteiger partial charge on any atom is -0.461 e. The molecular weight excluding hydrogens is 612 g/mol. The zero-order valence-electron chi connectivity index (χ0n) is 27.4. The van der Waals surface area contributed by atoms with Gasteiger partial charge in [-0.1, -0.05) is 42.4 Å². The van der Waals surface area contributed by atoms with E-state index in [1.54, 1.807) is 4.90 Å². The highest BCUT2D eigenvalue weighted by Gasteiger charge is 2.51. The summed E-state index contributed by atoms with van der Waals surface area (Å²) in [5.41, 5.74) is 3.19. The molecule has 0 spiro atoms. The van der Waals surface area contributed by atoms with Gasteiger partial charge < -0.3 is 24.3 Å². The molecule has 0 bridgehead atoms. The molecule has 3 aliphatic heterocycles. The van der Waals surface area contributed by atoms with Crippen LogP contribution >= 0.6 is 11.6 Å². The zero-order chi connectivity index (χ0) is 32.7. The maximum Gasteiger partial charge on any atom is 0.318 e. The minimum atomic E-state index is -0.248. The summed E-state index contributed by atoms with van der Waals surface area (Å²) < 4.78 is 6.55. The van der Waals surface area contributed by atoms with Crippen molar-refractivity contribution in [2.45, 2.75) is 56.3 Å². The first kappa shape index (κ1) is 31.7. The van der Waals surface area contributed by atoms with Crippen LogP contribution in [0.2, 0.25) is 5.02 Å². The van der Waals surface area contributed by atoms with E-state index in [0.717, 1.165) is 77.5 Å². The second kappa shape index (κ2) is 12.9. The van der Waals surface area contributed by atoms with Crippen LogP contribution in [-0.2, 0) is 17.8 Å². The van der Waals surface area contributed by atoms with Crippen LogP contribution in [0.3, 0.4) is 0 Å². The summed E-state index contributed by atoms with van der Waals surface area (Å²) in [6.07, 6.45) is 5.75. The number of fused-ring (bicyclic) bond motifs is 2. The number of hydrogen-bond donors (Lipinski definition) is 0. The molecule has 10 nitrogen and oxygen atoms in total. The van der Waals surface area contributed by atoms with Gasteiger partial charge in [-0.25, -0.2) is 0 Å². The third-order valence-electron chi connectivity index (χ3n) is 10.6. The summed E-state index contributed by atoms with van der Waals surface area (Å²) in [4.78, 5) is 34.0. The number of nitrogens with zero attached hydrogens (tertiary/aromatic N) is 8. The smallest absolute Gasteiger partial charge is 0.318 e. The predicted molar refractivity (Wildman–Crippen MR) is 185 cm³/mol. The van der Waals surface area contributed by atoms with Crippen LogP contribution in [-0.4, -0.2) is 108 Å². The number of halogens is 1. The molecule has 246 valence electrons. The number of aromatic nitrogens is 2. The molecule has 2 aromatic carbocycles. The van der Waals surface area contributed by atoms with Crippen molar-refractivity contribution in [3.8, 4) is 12.1 Å². The van der Waals surface area contributed by atoms with Crippen LogP contribution in [0.5, 0.6) is 6.01 Å². The minimum absolute atomic E-state index is 0.0461. The van der Waals surface area contributed by atoms with Crippen molar-refractivity contribution in [1.29, 1.82) is 5.26 Å². The molecule has 3 fully saturated rings. The van der Waals surface area contributed by atoms with Gasteiger partial charge in [0.25, 0.3) is 0 Å². The van der Waals surface area contributed by atoms with Crippen molar-refractivity contribution in [3.63, 3.8) is 0 Å². The summed E-state index contributed by atoms with van der Waals surface area (Å²) >= 11 is 6.74. The number of benzene rings is 2. The van der Waals surface area contributed by atoms with Crippen molar-refractivity contribution >= 4 is 39.8 Å². The van der Waals surface area contributed by atoms with Crippen molar-refractivity contribution < 1.29 is 9.53 Å². The fourth-order valence-corrected chi connectivity index (χ4v) is 7.96. The van der Waals surface area contributed by atoms with Gasteiger partial charge in [0.15, 0.2) is 0 Å². The Bertz CT molecular complexity index is 1710. The van der Waals surface area contributed by atoms with Gasteiger partial charge in [-0.05, 0) is 63.4 Å². The molecule has 1 amide bonds. The Morgan fingerprint density at radius 3 is 2.66 bits per heavy atom. The molecule has 0 N–H and O–H groups in total. The highest BCUT2D eigenvalue weighted by molar-refractivity contribution is 6.36. The number of ether oxygens (including phenoxy) is 1. The molecular formula is C36H43ClN8O2. The quantitative estimate of drug-likeness (QED) is 0.309. The second-order valence-electron chi connectivity index (χ2n) is 13.6. The number of hydrogen-bond acceptors (Lipinski definition) is 9. The summed E-state index contributed by atoms with van der Waals surface area (Å²) in [6, 6.07) is 15.3. The first-order chi connectivity index (χ1) is 22.8. The van der Waals surface area contributed by atoms with Gasteiger partial charge in [0.05, 0.1) is 41.3 Å². The molecule has 1 saturated carbocycles. The number of carbonyl (C=O) groups is 1. The number of amides is 1. The molecule has 1 aliphatic carbocycles. The maximum absolute atomic E-state index is 12.6. The van der Waals surface area contributed by atoms with E-state index >= 15 is 0 Å². The molecule has 2 atom stereocenters. The van der Waals surface area contributed by atoms with Gasteiger partial charge in [-0.3, -0.25) is 9.69 Å². The van der Waals surface area contributed by atoms with Crippen LogP contribution in [0.1, 0.15) is 36.9 Å². The predicted octanol–water partition coefficient (Wildman–Crippen LogP) is 4.51. The molecule has 1 unspecified atom stereocenters. The van der Waals surface area contributed by atoms with Crippen LogP contribution in [0.4, 0.5) is 11.5 Å². The molecule has 0 radical (unpaired) electrons. The van der Waals surface area contributed by atoms with Gasteiger partial charge in [-0.2, -0.15) is 15.2 Å². The van der Waals surface area contributed by atoms with Crippen LogP contribution in [0.15, 0.2) is 49.1 Å². The lowest BCUT2D eigenvalue weighted by molar-refractivity contribution is -0.128. The monoisotopic (exact) mass is 654 g/mol. The zero-order valence-corrected chi connectivity index (χ0v) is 28.1. The topological polar surface area (TPSA) is 92.1 Å². The maximum atomic E-state index is 12.6. The third-order valence-corrected chi connectivity index (χ3v) is 10.9. The lowest BCUT2D eigenvalue weighted by Gasteiger charge is -2.42. The van der Waals surface area contributed by atoms with Crippen molar-refractivity contribution in [2.24, 2.45) is 0 Å². The van der Waals surface area contributed by atoms with E-state index in [9.17, 15) is 10.1 Å². The summed E-state index contributed by atoms with van der Waals surface area (Å²) in [5, 5.41) is 12.5. The average molecular weight is 655 g/mol. The molecule has 3 aromatic rings. The standard InChI is InChI=1S/C36H43ClN8O2/c1-4-32(46)45-20-19-43(21-27(45)11-16-38)34-28-13-17-42(31-10-6-8-25-7-5-9-29(37)33(25)31)23-30(28)39-35(40-34)47-24-36(14-15-36)44-18-12-26(22-44)41(2)3/h4-10,26-27H,1,11-15,17-24H2,2-3H3/t26?,27-/m0/s1.